The fourth-order valence-electron chi connectivity index (χ4n) is 3.78. The summed E-state index contributed by atoms with van der Waals surface area (Å²) in [4.78, 5) is 29.4. The number of hydrogen-bond acceptors (Lipinski definition) is 5. The van der Waals surface area contributed by atoms with E-state index >= 15 is 0 Å². The molecule has 6 heteroatoms. The third-order valence-electron chi connectivity index (χ3n) is 5.50. The number of aryl methyl sites for hydroxylation is 1. The van der Waals surface area contributed by atoms with E-state index in [0.717, 1.165) is 16.8 Å². The molecule has 1 saturated heterocycles. The first kappa shape index (κ1) is 20.5. The Kier molecular flexibility index (Phi) is 5.38. The van der Waals surface area contributed by atoms with Crippen LogP contribution in [-0.2, 0) is 16.1 Å². The molecule has 0 unspecified atom stereocenters. The highest BCUT2D eigenvalue weighted by Crippen LogP contribution is 2.40. The number of furan rings is 1. The fraction of sp³-hybridized carbons (Fsp3) is 0.200. The van der Waals surface area contributed by atoms with Crippen LogP contribution < -0.4 is 4.90 Å². The summed E-state index contributed by atoms with van der Waals surface area (Å²) in [6.07, 6.45) is 1.53. The van der Waals surface area contributed by atoms with E-state index < -0.39 is 17.7 Å². The number of rotatable bonds is 5. The highest BCUT2D eigenvalue weighted by molar-refractivity contribution is 6.46. The SMILES string of the molecule is Cc1ccc(C(O)=C2C(=O)C(=O)N(Cc3ccco3)[C@@H]2c2ccc(N(C)C)cc2)cc1. The lowest BCUT2D eigenvalue weighted by molar-refractivity contribution is -0.140. The van der Waals surface area contributed by atoms with E-state index in [2.05, 4.69) is 0 Å². The van der Waals surface area contributed by atoms with E-state index in [9.17, 15) is 14.7 Å². The van der Waals surface area contributed by atoms with E-state index in [4.69, 9.17) is 4.42 Å². The Morgan fingerprint density at radius 2 is 1.71 bits per heavy atom. The molecule has 158 valence electrons. The Balaban J connectivity index is 1.84. The van der Waals surface area contributed by atoms with Crippen molar-refractivity contribution in [2.24, 2.45) is 0 Å². The highest BCUT2D eigenvalue weighted by Gasteiger charge is 2.46. The number of amides is 1. The molecular formula is C25H24N2O4. The molecule has 31 heavy (non-hydrogen) atoms. The van der Waals surface area contributed by atoms with E-state index in [1.54, 1.807) is 24.3 Å². The predicted octanol–water partition coefficient (Wildman–Crippen LogP) is 4.28. The van der Waals surface area contributed by atoms with Crippen molar-refractivity contribution in [1.82, 2.24) is 4.90 Å². The molecule has 1 aromatic heterocycles. The lowest BCUT2D eigenvalue weighted by atomic mass is 9.95. The van der Waals surface area contributed by atoms with Gasteiger partial charge in [0.05, 0.1) is 24.4 Å². The first-order chi connectivity index (χ1) is 14.9. The van der Waals surface area contributed by atoms with Crippen LogP contribution in [-0.4, -0.2) is 35.8 Å². The molecule has 1 fully saturated rings. The van der Waals surface area contributed by atoms with E-state index in [0.29, 0.717) is 11.3 Å². The topological polar surface area (TPSA) is 74.0 Å². The summed E-state index contributed by atoms with van der Waals surface area (Å²) in [5.74, 6) is -0.979. The molecule has 0 radical (unpaired) electrons. The lowest BCUT2D eigenvalue weighted by Crippen LogP contribution is -2.29. The number of carbonyl (C=O) groups excluding carboxylic acids is 2. The third kappa shape index (κ3) is 3.84. The molecule has 1 atom stereocenters. The summed E-state index contributed by atoms with van der Waals surface area (Å²) >= 11 is 0. The molecule has 2 aromatic carbocycles. The Bertz CT molecular complexity index is 1130. The average Bonchev–Trinajstić information content (AvgIpc) is 3.36. The molecule has 0 bridgehead atoms. The Morgan fingerprint density at radius 3 is 2.29 bits per heavy atom. The fourth-order valence-corrected chi connectivity index (χ4v) is 3.78. The molecule has 1 aliphatic heterocycles. The molecule has 0 saturated carbocycles. The van der Waals surface area contributed by atoms with Crippen LogP contribution in [0.15, 0.2) is 76.9 Å². The molecule has 1 N–H and O–H groups in total. The van der Waals surface area contributed by atoms with Gasteiger partial charge in [-0.15, -0.1) is 0 Å². The van der Waals surface area contributed by atoms with Gasteiger partial charge in [-0.3, -0.25) is 9.59 Å². The molecule has 0 aliphatic carbocycles. The Labute approximate surface area is 181 Å². The van der Waals surface area contributed by atoms with Crippen LogP contribution >= 0.6 is 0 Å². The van der Waals surface area contributed by atoms with Crippen molar-refractivity contribution in [3.63, 3.8) is 0 Å². The second-order valence-corrected chi connectivity index (χ2v) is 7.86. The van der Waals surface area contributed by atoms with Gasteiger partial charge in [0.25, 0.3) is 11.7 Å². The van der Waals surface area contributed by atoms with Gasteiger partial charge in [-0.2, -0.15) is 0 Å². The maximum Gasteiger partial charge on any atom is 0.296 e. The van der Waals surface area contributed by atoms with Crippen LogP contribution in [0.5, 0.6) is 0 Å². The maximum atomic E-state index is 13.0. The number of Topliss-reactive ketones (excluding diaryl/α,β-unsaturated/α-hetero) is 1. The zero-order valence-electron chi connectivity index (χ0n) is 17.7. The number of benzene rings is 2. The van der Waals surface area contributed by atoms with Crippen LogP contribution in [0.3, 0.4) is 0 Å². The normalized spacial score (nSPS) is 17.9. The van der Waals surface area contributed by atoms with E-state index in [1.165, 1.54) is 11.2 Å². The number of ketones is 1. The first-order valence-electron chi connectivity index (χ1n) is 10.0. The Morgan fingerprint density at radius 1 is 1.03 bits per heavy atom. The van der Waals surface area contributed by atoms with Crippen molar-refractivity contribution >= 4 is 23.1 Å². The number of anilines is 1. The Hall–Kier alpha value is -3.80. The molecule has 0 spiro atoms. The van der Waals surface area contributed by atoms with Crippen LogP contribution in [0.2, 0.25) is 0 Å². The molecule has 6 nitrogen and oxygen atoms in total. The second-order valence-electron chi connectivity index (χ2n) is 7.86. The van der Waals surface area contributed by atoms with E-state index in [1.807, 2.05) is 62.3 Å². The number of carbonyl (C=O) groups is 2. The van der Waals surface area contributed by atoms with Crippen molar-refractivity contribution in [1.29, 1.82) is 0 Å². The molecule has 1 aliphatic rings. The van der Waals surface area contributed by atoms with Crippen molar-refractivity contribution in [2.45, 2.75) is 19.5 Å². The number of hydrogen-bond donors (Lipinski definition) is 1. The minimum absolute atomic E-state index is 0.0815. The first-order valence-corrected chi connectivity index (χ1v) is 10.0. The van der Waals surface area contributed by atoms with Crippen LogP contribution in [0, 0.1) is 6.92 Å². The molecule has 1 amide bonds. The van der Waals surface area contributed by atoms with Gasteiger partial charge in [0.2, 0.25) is 0 Å². The third-order valence-corrected chi connectivity index (χ3v) is 5.50. The number of aliphatic hydroxyl groups is 1. The van der Waals surface area contributed by atoms with Gasteiger partial charge in [-0.05, 0) is 36.8 Å². The molecule has 2 heterocycles. The summed E-state index contributed by atoms with van der Waals surface area (Å²) in [6, 6.07) is 17.6. The summed E-state index contributed by atoms with van der Waals surface area (Å²) in [6.45, 7) is 2.07. The lowest BCUT2D eigenvalue weighted by Gasteiger charge is -2.25. The standard InChI is InChI=1S/C25H24N2O4/c1-16-6-8-18(9-7-16)23(28)21-22(17-10-12-19(13-11-17)26(2)3)27(25(30)24(21)29)15-20-5-4-14-31-20/h4-14,22,28H,15H2,1-3H3/t22-/m1/s1. The van der Waals surface area contributed by atoms with Gasteiger partial charge in [0.15, 0.2) is 0 Å². The zero-order chi connectivity index (χ0) is 22.1. The van der Waals surface area contributed by atoms with Gasteiger partial charge in [0, 0.05) is 25.3 Å². The summed E-state index contributed by atoms with van der Waals surface area (Å²) in [5.41, 5.74) is 3.34. The summed E-state index contributed by atoms with van der Waals surface area (Å²) in [5, 5.41) is 11.1. The van der Waals surface area contributed by atoms with Gasteiger partial charge >= 0.3 is 0 Å². The smallest absolute Gasteiger partial charge is 0.296 e. The van der Waals surface area contributed by atoms with Crippen molar-refractivity contribution in [3.05, 3.63) is 95.0 Å². The second kappa shape index (κ2) is 8.14. The highest BCUT2D eigenvalue weighted by atomic mass is 16.3. The molecular weight excluding hydrogens is 392 g/mol. The average molecular weight is 416 g/mol. The van der Waals surface area contributed by atoms with Crippen LogP contribution in [0.1, 0.15) is 28.5 Å². The minimum Gasteiger partial charge on any atom is -0.507 e. The summed E-state index contributed by atoms with van der Waals surface area (Å²) < 4.78 is 5.42. The van der Waals surface area contributed by atoms with E-state index in [-0.39, 0.29) is 17.9 Å². The van der Waals surface area contributed by atoms with Crippen molar-refractivity contribution < 1.29 is 19.1 Å². The van der Waals surface area contributed by atoms with Gasteiger partial charge < -0.3 is 19.3 Å². The van der Waals surface area contributed by atoms with Crippen molar-refractivity contribution in [3.8, 4) is 0 Å². The molecule has 4 rings (SSSR count). The van der Waals surface area contributed by atoms with Crippen LogP contribution in [0.4, 0.5) is 5.69 Å². The quantitative estimate of drug-likeness (QED) is 0.382. The van der Waals surface area contributed by atoms with Gasteiger partial charge in [-0.1, -0.05) is 42.0 Å². The number of aliphatic hydroxyl groups excluding tert-OH is 1. The number of nitrogens with zero attached hydrogens (tertiary/aromatic N) is 2. The maximum absolute atomic E-state index is 13.0. The summed E-state index contributed by atoms with van der Waals surface area (Å²) in [7, 11) is 3.88. The number of likely N-dealkylation sites (tertiary alicyclic amines) is 1. The largest absolute Gasteiger partial charge is 0.507 e. The molecule has 3 aromatic rings. The minimum atomic E-state index is -0.720. The zero-order valence-corrected chi connectivity index (χ0v) is 17.7. The van der Waals surface area contributed by atoms with Gasteiger partial charge in [-0.25, -0.2) is 0 Å². The van der Waals surface area contributed by atoms with Gasteiger partial charge in [0.1, 0.15) is 11.5 Å². The predicted molar refractivity (Wildman–Crippen MR) is 119 cm³/mol. The monoisotopic (exact) mass is 416 g/mol. The van der Waals surface area contributed by atoms with Crippen molar-refractivity contribution in [2.75, 3.05) is 19.0 Å². The van der Waals surface area contributed by atoms with Crippen LogP contribution in [0.25, 0.3) is 5.76 Å².